The second-order valence-electron chi connectivity index (χ2n) is 4.53. The Morgan fingerprint density at radius 1 is 1.16 bits per heavy atom. The third kappa shape index (κ3) is 3.06. The predicted octanol–water partition coefficient (Wildman–Crippen LogP) is 3.94. The van der Waals surface area contributed by atoms with Crippen LogP contribution in [0.15, 0.2) is 24.3 Å². The molecule has 2 rings (SSSR count). The van der Waals surface area contributed by atoms with Gasteiger partial charge in [0.25, 0.3) is 0 Å². The molecule has 0 atom stereocenters. The number of hydrogen-bond acceptors (Lipinski definition) is 3. The first-order valence-corrected chi connectivity index (χ1v) is 6.41. The summed E-state index contributed by atoms with van der Waals surface area (Å²) in [5.74, 6) is 1.22. The number of halogens is 1. The molecule has 0 spiro atoms. The summed E-state index contributed by atoms with van der Waals surface area (Å²) in [6.07, 6.45) is 0. The van der Waals surface area contributed by atoms with Gasteiger partial charge in [0.15, 0.2) is 0 Å². The van der Waals surface area contributed by atoms with E-state index in [9.17, 15) is 0 Å². The highest BCUT2D eigenvalue weighted by molar-refractivity contribution is 6.32. The van der Waals surface area contributed by atoms with Crippen molar-refractivity contribution in [2.75, 3.05) is 0 Å². The number of ether oxygens (including phenoxy) is 1. The Morgan fingerprint density at radius 2 is 1.79 bits per heavy atom. The highest BCUT2D eigenvalue weighted by atomic mass is 35.5. The van der Waals surface area contributed by atoms with Gasteiger partial charge in [-0.3, -0.25) is 0 Å². The average molecular weight is 278 g/mol. The Labute approximate surface area is 117 Å². The summed E-state index contributed by atoms with van der Waals surface area (Å²) in [5.41, 5.74) is 3.51. The quantitative estimate of drug-likeness (QED) is 0.924. The summed E-state index contributed by atoms with van der Waals surface area (Å²) < 4.78 is 5.72. The van der Waals surface area contributed by atoms with E-state index < -0.39 is 0 Å². The molecular weight excluding hydrogens is 262 g/mol. The summed E-state index contributed by atoms with van der Waals surface area (Å²) in [7, 11) is 0. The fourth-order valence-corrected chi connectivity index (χ4v) is 1.99. The molecule has 1 heterocycles. The third-order valence-corrected chi connectivity index (χ3v) is 3.57. The van der Waals surface area contributed by atoms with Crippen molar-refractivity contribution in [3.63, 3.8) is 0 Å². The zero-order valence-corrected chi connectivity index (χ0v) is 12.0. The van der Waals surface area contributed by atoms with Crippen LogP contribution in [0.3, 0.4) is 0 Å². The second-order valence-corrected chi connectivity index (χ2v) is 4.90. The summed E-state index contributed by atoms with van der Waals surface area (Å²) in [6.45, 7) is 5.71. The van der Waals surface area contributed by atoms with Crippen molar-refractivity contribution in [3.8, 4) is 11.6 Å². The number of aromatic nitrogens is 1. The van der Waals surface area contributed by atoms with Crippen LogP contribution in [-0.2, 0) is 6.61 Å². The van der Waals surface area contributed by atoms with E-state index >= 15 is 0 Å². The molecule has 19 heavy (non-hydrogen) atoms. The molecule has 0 aliphatic rings. The predicted molar refractivity (Wildman–Crippen MR) is 75.9 cm³/mol. The Bertz CT molecular complexity index is 588. The normalized spacial score (nSPS) is 10.6. The zero-order valence-electron chi connectivity index (χ0n) is 11.2. The minimum Gasteiger partial charge on any atom is -0.439 e. The molecular formula is C15H16ClNO2. The molecule has 0 radical (unpaired) electrons. The van der Waals surface area contributed by atoms with Gasteiger partial charge in [0, 0.05) is 16.8 Å². The van der Waals surface area contributed by atoms with Gasteiger partial charge in [-0.2, -0.15) is 0 Å². The Kier molecular flexibility index (Phi) is 4.08. The summed E-state index contributed by atoms with van der Waals surface area (Å²) in [5, 5.41) is 9.86. The fourth-order valence-electron chi connectivity index (χ4n) is 1.88. The van der Waals surface area contributed by atoms with E-state index in [1.807, 2.05) is 39.0 Å². The second kappa shape index (κ2) is 5.59. The van der Waals surface area contributed by atoms with Crippen LogP contribution in [0.5, 0.6) is 11.6 Å². The molecule has 2 aromatic rings. The molecule has 0 saturated heterocycles. The van der Waals surface area contributed by atoms with Crippen molar-refractivity contribution in [1.29, 1.82) is 0 Å². The van der Waals surface area contributed by atoms with Gasteiger partial charge in [-0.15, -0.1) is 0 Å². The van der Waals surface area contributed by atoms with Crippen molar-refractivity contribution in [2.24, 2.45) is 0 Å². The number of pyridine rings is 1. The zero-order chi connectivity index (χ0) is 14.0. The van der Waals surface area contributed by atoms with Gasteiger partial charge in [0.05, 0.1) is 6.61 Å². The Hall–Kier alpha value is -1.58. The monoisotopic (exact) mass is 277 g/mol. The van der Waals surface area contributed by atoms with E-state index in [0.29, 0.717) is 11.6 Å². The number of benzene rings is 1. The molecule has 0 bridgehead atoms. The maximum absolute atomic E-state index is 9.11. The van der Waals surface area contributed by atoms with Crippen molar-refractivity contribution < 1.29 is 9.84 Å². The van der Waals surface area contributed by atoms with Gasteiger partial charge in [-0.1, -0.05) is 11.6 Å². The van der Waals surface area contributed by atoms with E-state index in [1.54, 1.807) is 6.07 Å². The van der Waals surface area contributed by atoms with Gasteiger partial charge >= 0.3 is 0 Å². The van der Waals surface area contributed by atoms with Crippen LogP contribution < -0.4 is 4.74 Å². The molecule has 1 N–H and O–H groups in total. The molecule has 0 aliphatic heterocycles. The summed E-state index contributed by atoms with van der Waals surface area (Å²) in [6, 6.07) is 7.32. The molecule has 0 unspecified atom stereocenters. The molecule has 0 saturated carbocycles. The van der Waals surface area contributed by atoms with Gasteiger partial charge < -0.3 is 9.84 Å². The van der Waals surface area contributed by atoms with E-state index in [1.165, 1.54) is 0 Å². The molecule has 1 aromatic carbocycles. The summed E-state index contributed by atoms with van der Waals surface area (Å²) >= 11 is 6.12. The number of aliphatic hydroxyl groups is 1. The van der Waals surface area contributed by atoms with E-state index in [2.05, 4.69) is 4.98 Å². The third-order valence-electron chi connectivity index (χ3n) is 2.97. The highest BCUT2D eigenvalue weighted by Gasteiger charge is 2.06. The van der Waals surface area contributed by atoms with Crippen molar-refractivity contribution in [1.82, 2.24) is 4.98 Å². The van der Waals surface area contributed by atoms with Gasteiger partial charge in [-0.25, -0.2) is 4.98 Å². The number of aliphatic hydroxyl groups excluding tert-OH is 1. The van der Waals surface area contributed by atoms with Crippen LogP contribution in [-0.4, -0.2) is 10.1 Å². The van der Waals surface area contributed by atoms with Crippen molar-refractivity contribution >= 4 is 11.6 Å². The minimum absolute atomic E-state index is 0.0156. The lowest BCUT2D eigenvalue weighted by atomic mass is 10.1. The van der Waals surface area contributed by atoms with Gasteiger partial charge in [0.2, 0.25) is 5.88 Å². The van der Waals surface area contributed by atoms with Crippen LogP contribution >= 0.6 is 11.6 Å². The number of hydrogen-bond donors (Lipinski definition) is 1. The maximum Gasteiger partial charge on any atom is 0.219 e. The van der Waals surface area contributed by atoms with Crippen molar-refractivity contribution in [2.45, 2.75) is 27.4 Å². The molecule has 1 aromatic heterocycles. The smallest absolute Gasteiger partial charge is 0.219 e. The maximum atomic E-state index is 9.11. The first kappa shape index (κ1) is 13.8. The van der Waals surface area contributed by atoms with E-state index in [-0.39, 0.29) is 6.61 Å². The lowest BCUT2D eigenvalue weighted by molar-refractivity contribution is 0.280. The lowest BCUT2D eigenvalue weighted by Crippen LogP contribution is -1.96. The van der Waals surface area contributed by atoms with Crippen molar-refractivity contribution in [3.05, 3.63) is 51.7 Å². The van der Waals surface area contributed by atoms with Gasteiger partial charge in [-0.05, 0) is 55.7 Å². The molecule has 0 fully saturated rings. The van der Waals surface area contributed by atoms with Crippen LogP contribution in [0, 0.1) is 20.8 Å². The first-order chi connectivity index (χ1) is 9.01. The van der Waals surface area contributed by atoms with Crippen LogP contribution in [0.25, 0.3) is 0 Å². The minimum atomic E-state index is -0.0156. The summed E-state index contributed by atoms with van der Waals surface area (Å²) in [4.78, 5) is 4.31. The van der Waals surface area contributed by atoms with E-state index in [4.69, 9.17) is 21.4 Å². The highest BCUT2D eigenvalue weighted by Crippen LogP contribution is 2.28. The standard InChI is InChI=1S/C15H16ClNO2/c1-9-6-13(7-10(2)15(9)16)19-14-5-4-12(8-18)11(3)17-14/h4-7,18H,8H2,1-3H3. The van der Waals surface area contributed by atoms with Crippen LogP contribution in [0.1, 0.15) is 22.4 Å². The molecule has 4 heteroatoms. The van der Waals surface area contributed by atoms with Crippen LogP contribution in [0.2, 0.25) is 5.02 Å². The Balaban J connectivity index is 2.29. The lowest BCUT2D eigenvalue weighted by Gasteiger charge is -2.10. The first-order valence-electron chi connectivity index (χ1n) is 6.03. The number of aryl methyl sites for hydroxylation is 3. The number of rotatable bonds is 3. The number of nitrogens with zero attached hydrogens (tertiary/aromatic N) is 1. The Morgan fingerprint density at radius 3 is 2.32 bits per heavy atom. The fraction of sp³-hybridized carbons (Fsp3) is 0.267. The molecule has 0 amide bonds. The molecule has 100 valence electrons. The largest absolute Gasteiger partial charge is 0.439 e. The SMILES string of the molecule is Cc1cc(Oc2ccc(CO)c(C)n2)cc(C)c1Cl. The molecule has 3 nitrogen and oxygen atoms in total. The van der Waals surface area contributed by atoms with E-state index in [0.717, 1.165) is 27.4 Å². The van der Waals surface area contributed by atoms with Gasteiger partial charge in [0.1, 0.15) is 5.75 Å². The van der Waals surface area contributed by atoms with Crippen LogP contribution in [0.4, 0.5) is 0 Å². The topological polar surface area (TPSA) is 42.4 Å². The average Bonchev–Trinajstić information content (AvgIpc) is 2.36. The molecule has 0 aliphatic carbocycles.